The fraction of sp³-hybridized carbons (Fsp3) is 0.562. The maximum absolute atomic E-state index is 13.5. The molecule has 1 rings (SSSR count). The van der Waals surface area contributed by atoms with Crippen molar-refractivity contribution in [3.8, 4) is 5.75 Å². The summed E-state index contributed by atoms with van der Waals surface area (Å²) in [4.78, 5) is 4.43. The number of guanidine groups is 1. The first kappa shape index (κ1) is 21.9. The molecule has 0 radical (unpaired) electrons. The summed E-state index contributed by atoms with van der Waals surface area (Å²) in [6.45, 7) is 9.02. The minimum Gasteiger partial charge on any atom is -0.486 e. The van der Waals surface area contributed by atoms with Crippen LogP contribution in [-0.2, 0) is 4.74 Å². The first-order chi connectivity index (χ1) is 10.7. The quantitative estimate of drug-likeness (QED) is 0.269. The summed E-state index contributed by atoms with van der Waals surface area (Å²) in [5.41, 5.74) is 0. The van der Waals surface area contributed by atoms with Crippen molar-refractivity contribution in [2.45, 2.75) is 26.9 Å². The second kappa shape index (κ2) is 13.4. The van der Waals surface area contributed by atoms with Gasteiger partial charge in [-0.25, -0.2) is 9.38 Å². The van der Waals surface area contributed by atoms with Gasteiger partial charge < -0.3 is 20.1 Å². The van der Waals surface area contributed by atoms with Gasteiger partial charge in [-0.3, -0.25) is 0 Å². The van der Waals surface area contributed by atoms with Gasteiger partial charge >= 0.3 is 0 Å². The molecule has 0 aliphatic heterocycles. The lowest BCUT2D eigenvalue weighted by molar-refractivity contribution is 0.152. The van der Waals surface area contributed by atoms with E-state index in [0.29, 0.717) is 32.3 Å². The molecule has 23 heavy (non-hydrogen) atoms. The Morgan fingerprint density at radius 3 is 2.65 bits per heavy atom. The number of hydrogen-bond donors (Lipinski definition) is 2. The molecular weight excluding hydrogens is 412 g/mol. The van der Waals surface area contributed by atoms with Crippen molar-refractivity contribution < 1.29 is 13.9 Å². The first-order valence-corrected chi connectivity index (χ1v) is 7.68. The molecule has 1 atom stereocenters. The lowest BCUT2D eigenvalue weighted by Gasteiger charge is -2.15. The highest BCUT2D eigenvalue weighted by atomic mass is 127. The molecule has 0 saturated carbocycles. The molecular formula is C16H27FIN3O2. The fourth-order valence-electron chi connectivity index (χ4n) is 1.74. The van der Waals surface area contributed by atoms with E-state index in [2.05, 4.69) is 15.6 Å². The summed E-state index contributed by atoms with van der Waals surface area (Å²) in [5.74, 6) is 0.589. The van der Waals surface area contributed by atoms with E-state index < -0.39 is 0 Å². The molecule has 0 aliphatic carbocycles. The van der Waals surface area contributed by atoms with Gasteiger partial charge in [0.15, 0.2) is 17.5 Å². The Morgan fingerprint density at radius 1 is 1.26 bits per heavy atom. The van der Waals surface area contributed by atoms with Crippen LogP contribution in [0.3, 0.4) is 0 Å². The zero-order valence-corrected chi connectivity index (χ0v) is 16.3. The molecule has 0 aromatic heterocycles. The van der Waals surface area contributed by atoms with Crippen LogP contribution in [-0.4, -0.2) is 44.9 Å². The number of para-hydroxylation sites is 1. The topological polar surface area (TPSA) is 54.9 Å². The summed E-state index contributed by atoms with van der Waals surface area (Å²) in [7, 11) is 0. The molecule has 0 fully saturated rings. The largest absolute Gasteiger partial charge is 0.486 e. The zero-order chi connectivity index (χ0) is 16.2. The average molecular weight is 439 g/mol. The number of hydrogen-bond acceptors (Lipinski definition) is 3. The molecule has 132 valence electrons. The number of rotatable bonds is 9. The van der Waals surface area contributed by atoms with Gasteiger partial charge in [-0.15, -0.1) is 24.0 Å². The van der Waals surface area contributed by atoms with Gasteiger partial charge in [0, 0.05) is 19.7 Å². The molecule has 7 heteroatoms. The average Bonchev–Trinajstić information content (AvgIpc) is 2.51. The van der Waals surface area contributed by atoms with Crippen LogP contribution >= 0.6 is 24.0 Å². The third kappa shape index (κ3) is 9.60. The minimum absolute atomic E-state index is 0. The highest BCUT2D eigenvalue weighted by Gasteiger charge is 2.08. The smallest absolute Gasteiger partial charge is 0.191 e. The predicted octanol–water partition coefficient (Wildman–Crippen LogP) is 2.80. The standard InChI is InChI=1S/C16H26FN3O2.HI/c1-4-18-16(19-10-11-21-5-2)20-12-13(3)22-15-9-7-6-8-14(15)17;/h6-9,13H,4-5,10-12H2,1-3H3,(H2,18,19,20);1H. The molecule has 0 saturated heterocycles. The van der Waals surface area contributed by atoms with Crippen LogP contribution in [0.2, 0.25) is 0 Å². The predicted molar refractivity (Wildman–Crippen MR) is 102 cm³/mol. The van der Waals surface area contributed by atoms with Crippen LogP contribution in [0.4, 0.5) is 4.39 Å². The Hall–Kier alpha value is -1.09. The van der Waals surface area contributed by atoms with Gasteiger partial charge in [-0.1, -0.05) is 12.1 Å². The maximum atomic E-state index is 13.5. The second-order valence-electron chi connectivity index (χ2n) is 4.70. The van der Waals surface area contributed by atoms with Crippen molar-refractivity contribution in [1.82, 2.24) is 10.6 Å². The van der Waals surface area contributed by atoms with Gasteiger partial charge in [0.05, 0.1) is 13.2 Å². The van der Waals surface area contributed by atoms with E-state index in [4.69, 9.17) is 9.47 Å². The van der Waals surface area contributed by atoms with Crippen LogP contribution < -0.4 is 15.4 Å². The third-order valence-corrected chi connectivity index (χ3v) is 2.76. The lowest BCUT2D eigenvalue weighted by atomic mass is 10.3. The fourth-order valence-corrected chi connectivity index (χ4v) is 1.74. The van der Waals surface area contributed by atoms with Gasteiger partial charge in [0.25, 0.3) is 0 Å². The SMILES string of the molecule is CCNC(=NCC(C)Oc1ccccc1F)NCCOCC.I. The highest BCUT2D eigenvalue weighted by Crippen LogP contribution is 2.16. The molecule has 2 N–H and O–H groups in total. The number of aliphatic imine (C=N–C) groups is 1. The van der Waals surface area contributed by atoms with E-state index in [1.807, 2.05) is 20.8 Å². The highest BCUT2D eigenvalue weighted by molar-refractivity contribution is 14.0. The molecule has 0 heterocycles. The van der Waals surface area contributed by atoms with E-state index in [1.54, 1.807) is 18.2 Å². The van der Waals surface area contributed by atoms with Crippen molar-refractivity contribution >= 4 is 29.9 Å². The molecule has 0 aliphatic rings. The Morgan fingerprint density at radius 2 is 2.00 bits per heavy atom. The molecule has 0 bridgehead atoms. The monoisotopic (exact) mass is 439 g/mol. The van der Waals surface area contributed by atoms with Crippen LogP contribution in [0.25, 0.3) is 0 Å². The van der Waals surface area contributed by atoms with Crippen molar-refractivity contribution in [3.63, 3.8) is 0 Å². The molecule has 0 amide bonds. The molecule has 1 aromatic carbocycles. The van der Waals surface area contributed by atoms with Crippen molar-refractivity contribution in [2.75, 3.05) is 32.8 Å². The third-order valence-electron chi connectivity index (χ3n) is 2.76. The summed E-state index contributed by atoms with van der Waals surface area (Å²) >= 11 is 0. The Bertz CT molecular complexity index is 461. The summed E-state index contributed by atoms with van der Waals surface area (Å²) in [5, 5.41) is 6.31. The van der Waals surface area contributed by atoms with Gasteiger partial charge in [-0.2, -0.15) is 0 Å². The molecule has 5 nitrogen and oxygen atoms in total. The number of halogens is 2. The minimum atomic E-state index is -0.361. The number of nitrogens with zero attached hydrogens (tertiary/aromatic N) is 1. The van der Waals surface area contributed by atoms with Crippen molar-refractivity contribution in [2.24, 2.45) is 4.99 Å². The summed E-state index contributed by atoms with van der Waals surface area (Å²) in [6.07, 6.45) is -0.223. The van der Waals surface area contributed by atoms with Crippen LogP contribution in [0, 0.1) is 5.82 Å². The van der Waals surface area contributed by atoms with E-state index in [0.717, 1.165) is 6.54 Å². The lowest BCUT2D eigenvalue weighted by Crippen LogP contribution is -2.39. The van der Waals surface area contributed by atoms with Gasteiger partial charge in [-0.05, 0) is 32.9 Å². The number of benzene rings is 1. The number of nitrogens with one attached hydrogen (secondary N) is 2. The summed E-state index contributed by atoms with van der Waals surface area (Å²) < 4.78 is 24.3. The van der Waals surface area contributed by atoms with E-state index in [9.17, 15) is 4.39 Å². The Balaban J connectivity index is 0.00000484. The van der Waals surface area contributed by atoms with Crippen LogP contribution in [0.5, 0.6) is 5.75 Å². The normalized spacial score (nSPS) is 12.3. The van der Waals surface area contributed by atoms with Crippen molar-refractivity contribution in [3.05, 3.63) is 30.1 Å². The van der Waals surface area contributed by atoms with Crippen molar-refractivity contribution in [1.29, 1.82) is 0 Å². The number of ether oxygens (including phenoxy) is 2. The van der Waals surface area contributed by atoms with E-state index in [-0.39, 0.29) is 41.6 Å². The second-order valence-corrected chi connectivity index (χ2v) is 4.70. The molecule has 0 spiro atoms. The van der Waals surface area contributed by atoms with Crippen LogP contribution in [0.1, 0.15) is 20.8 Å². The first-order valence-electron chi connectivity index (χ1n) is 7.68. The summed E-state index contributed by atoms with van der Waals surface area (Å²) in [6, 6.07) is 6.37. The maximum Gasteiger partial charge on any atom is 0.191 e. The van der Waals surface area contributed by atoms with Gasteiger partial charge in [0.1, 0.15) is 6.10 Å². The molecule has 1 aromatic rings. The zero-order valence-electron chi connectivity index (χ0n) is 14.0. The van der Waals surface area contributed by atoms with E-state index >= 15 is 0 Å². The Kier molecular flexibility index (Phi) is 12.7. The van der Waals surface area contributed by atoms with Gasteiger partial charge in [0.2, 0.25) is 0 Å². The molecule has 1 unspecified atom stereocenters. The van der Waals surface area contributed by atoms with E-state index in [1.165, 1.54) is 6.07 Å². The Labute approximate surface area is 155 Å². The van der Waals surface area contributed by atoms with Crippen LogP contribution in [0.15, 0.2) is 29.3 Å².